The van der Waals surface area contributed by atoms with Crippen LogP contribution in [0.4, 0.5) is 0 Å². The van der Waals surface area contributed by atoms with Gasteiger partial charge in [0.25, 0.3) is 0 Å². The lowest BCUT2D eigenvalue weighted by atomic mass is 10.2. The minimum Gasteiger partial charge on any atom is -0.340 e. The summed E-state index contributed by atoms with van der Waals surface area (Å²) in [5.41, 5.74) is 5.63. The van der Waals surface area contributed by atoms with Gasteiger partial charge in [0.05, 0.1) is 6.04 Å². The molecule has 13 heavy (non-hydrogen) atoms. The fourth-order valence-electron chi connectivity index (χ4n) is 1.44. The highest BCUT2D eigenvalue weighted by atomic mass is 32.2. The molecule has 76 valence electrons. The van der Waals surface area contributed by atoms with Crippen LogP contribution < -0.4 is 5.73 Å². The lowest BCUT2D eigenvalue weighted by Crippen LogP contribution is -2.40. The Balaban J connectivity index is 2.51. The van der Waals surface area contributed by atoms with Gasteiger partial charge in [0.1, 0.15) is 0 Å². The monoisotopic (exact) mass is 202 g/mol. The van der Waals surface area contributed by atoms with Crippen molar-refractivity contribution in [2.75, 3.05) is 19.3 Å². The van der Waals surface area contributed by atoms with Gasteiger partial charge < -0.3 is 10.6 Å². The lowest BCUT2D eigenvalue weighted by Gasteiger charge is -2.28. The van der Waals surface area contributed by atoms with Crippen LogP contribution in [0.2, 0.25) is 0 Å². The number of thioether (sulfide) groups is 1. The Morgan fingerprint density at radius 1 is 1.69 bits per heavy atom. The lowest BCUT2D eigenvalue weighted by molar-refractivity contribution is -0.129. The molecule has 0 aliphatic carbocycles. The normalized spacial score (nSPS) is 24.2. The van der Waals surface area contributed by atoms with Crippen molar-refractivity contribution in [2.24, 2.45) is 5.73 Å². The predicted molar refractivity (Wildman–Crippen MR) is 56.8 cm³/mol. The zero-order valence-corrected chi connectivity index (χ0v) is 9.36. The molecule has 0 bridgehead atoms. The second kappa shape index (κ2) is 3.88. The average Bonchev–Trinajstić information content (AvgIpc) is 2.36. The number of carbonyl (C=O) groups excluding carboxylic acids is 1. The fourth-order valence-corrected chi connectivity index (χ4v) is 1.73. The van der Waals surface area contributed by atoms with Crippen LogP contribution in [0.3, 0.4) is 0 Å². The minimum absolute atomic E-state index is 0.113. The van der Waals surface area contributed by atoms with Crippen molar-refractivity contribution in [3.63, 3.8) is 0 Å². The molecule has 0 aromatic carbocycles. The second-order valence-electron chi connectivity index (χ2n) is 4.12. The van der Waals surface area contributed by atoms with E-state index in [9.17, 15) is 4.79 Å². The molecule has 0 saturated carbocycles. The van der Waals surface area contributed by atoms with Gasteiger partial charge in [0, 0.05) is 17.8 Å². The van der Waals surface area contributed by atoms with E-state index in [1.165, 1.54) is 0 Å². The highest BCUT2D eigenvalue weighted by molar-refractivity contribution is 7.99. The van der Waals surface area contributed by atoms with E-state index in [4.69, 9.17) is 5.73 Å². The molecule has 1 aliphatic heterocycles. The van der Waals surface area contributed by atoms with Crippen molar-refractivity contribution in [1.29, 1.82) is 0 Å². The Bertz CT molecular complexity index is 206. The van der Waals surface area contributed by atoms with E-state index in [1.807, 2.05) is 4.90 Å². The van der Waals surface area contributed by atoms with Gasteiger partial charge in [-0.25, -0.2) is 0 Å². The van der Waals surface area contributed by atoms with E-state index in [1.54, 1.807) is 11.8 Å². The number of amides is 1. The highest BCUT2D eigenvalue weighted by Crippen LogP contribution is 2.24. The van der Waals surface area contributed by atoms with Crippen LogP contribution in [0.15, 0.2) is 0 Å². The van der Waals surface area contributed by atoms with Gasteiger partial charge in [-0.15, -0.1) is 0 Å². The first-order chi connectivity index (χ1) is 5.96. The minimum atomic E-state index is -0.252. The van der Waals surface area contributed by atoms with E-state index in [-0.39, 0.29) is 16.7 Å². The molecular formula is C9H18N2OS. The number of carbonyl (C=O) groups is 1. The SMILES string of the molecule is CSC(C)(C)CN1CCC(N)C1=O. The van der Waals surface area contributed by atoms with Crippen molar-refractivity contribution in [3.05, 3.63) is 0 Å². The van der Waals surface area contributed by atoms with E-state index < -0.39 is 0 Å². The van der Waals surface area contributed by atoms with Gasteiger partial charge in [-0.2, -0.15) is 11.8 Å². The molecule has 4 heteroatoms. The summed E-state index contributed by atoms with van der Waals surface area (Å²) in [6.45, 7) is 5.92. The Kier molecular flexibility index (Phi) is 3.24. The standard InChI is InChI=1S/C9H18N2OS/c1-9(2,13-3)6-11-5-4-7(10)8(11)12/h7H,4-6,10H2,1-3H3. The molecule has 1 rings (SSSR count). The second-order valence-corrected chi connectivity index (χ2v) is 5.63. The topological polar surface area (TPSA) is 46.3 Å². The number of nitrogens with two attached hydrogens (primary N) is 1. The van der Waals surface area contributed by atoms with Crippen LogP contribution in [-0.4, -0.2) is 40.9 Å². The van der Waals surface area contributed by atoms with Crippen LogP contribution in [0.1, 0.15) is 20.3 Å². The van der Waals surface area contributed by atoms with Crippen molar-refractivity contribution >= 4 is 17.7 Å². The molecule has 0 aromatic rings. The molecular weight excluding hydrogens is 184 g/mol. The third-order valence-corrected chi connectivity index (χ3v) is 3.70. The number of hydrogen-bond donors (Lipinski definition) is 1. The van der Waals surface area contributed by atoms with Crippen LogP contribution in [-0.2, 0) is 4.79 Å². The molecule has 0 spiro atoms. The van der Waals surface area contributed by atoms with E-state index in [0.717, 1.165) is 19.5 Å². The van der Waals surface area contributed by atoms with Crippen molar-refractivity contribution < 1.29 is 4.79 Å². The van der Waals surface area contributed by atoms with Crippen LogP contribution >= 0.6 is 11.8 Å². The molecule has 1 amide bonds. The predicted octanol–water partition coefficient (Wildman–Crippen LogP) is 0.688. The molecule has 1 unspecified atom stereocenters. The fraction of sp³-hybridized carbons (Fsp3) is 0.889. The summed E-state index contributed by atoms with van der Waals surface area (Å²) >= 11 is 1.78. The summed E-state index contributed by atoms with van der Waals surface area (Å²) in [4.78, 5) is 13.4. The maximum Gasteiger partial charge on any atom is 0.239 e. The van der Waals surface area contributed by atoms with Gasteiger partial charge in [-0.3, -0.25) is 4.79 Å². The Morgan fingerprint density at radius 2 is 2.31 bits per heavy atom. The maximum absolute atomic E-state index is 11.5. The third kappa shape index (κ3) is 2.61. The van der Waals surface area contributed by atoms with E-state index >= 15 is 0 Å². The third-order valence-electron chi connectivity index (χ3n) is 2.46. The van der Waals surface area contributed by atoms with Gasteiger partial charge in [0.15, 0.2) is 0 Å². The van der Waals surface area contributed by atoms with Gasteiger partial charge in [-0.1, -0.05) is 0 Å². The Hall–Kier alpha value is -0.220. The Labute approximate surface area is 84.0 Å². The summed E-state index contributed by atoms with van der Waals surface area (Å²) in [6, 6.07) is -0.252. The molecule has 1 aliphatic rings. The zero-order valence-electron chi connectivity index (χ0n) is 8.54. The Morgan fingerprint density at radius 3 is 2.69 bits per heavy atom. The van der Waals surface area contributed by atoms with Crippen molar-refractivity contribution in [1.82, 2.24) is 4.90 Å². The molecule has 0 radical (unpaired) electrons. The van der Waals surface area contributed by atoms with Gasteiger partial charge in [-0.05, 0) is 26.5 Å². The number of hydrogen-bond acceptors (Lipinski definition) is 3. The van der Waals surface area contributed by atoms with E-state index in [0.29, 0.717) is 0 Å². The summed E-state index contributed by atoms with van der Waals surface area (Å²) in [5, 5.41) is 0. The summed E-state index contributed by atoms with van der Waals surface area (Å²) in [5.74, 6) is 0.113. The van der Waals surface area contributed by atoms with Crippen LogP contribution in [0.5, 0.6) is 0 Å². The molecule has 1 atom stereocenters. The first-order valence-corrected chi connectivity index (χ1v) is 5.78. The largest absolute Gasteiger partial charge is 0.340 e. The highest BCUT2D eigenvalue weighted by Gasteiger charge is 2.32. The summed E-state index contributed by atoms with van der Waals surface area (Å²) < 4.78 is 0.139. The first-order valence-electron chi connectivity index (χ1n) is 4.56. The summed E-state index contributed by atoms with van der Waals surface area (Å²) in [7, 11) is 0. The van der Waals surface area contributed by atoms with Crippen molar-refractivity contribution in [3.8, 4) is 0 Å². The van der Waals surface area contributed by atoms with Crippen LogP contribution in [0.25, 0.3) is 0 Å². The van der Waals surface area contributed by atoms with Gasteiger partial charge in [0.2, 0.25) is 5.91 Å². The first kappa shape index (κ1) is 10.9. The van der Waals surface area contributed by atoms with Gasteiger partial charge >= 0.3 is 0 Å². The molecule has 2 N–H and O–H groups in total. The van der Waals surface area contributed by atoms with Crippen LogP contribution in [0, 0.1) is 0 Å². The smallest absolute Gasteiger partial charge is 0.239 e. The number of rotatable bonds is 3. The average molecular weight is 202 g/mol. The molecule has 3 nitrogen and oxygen atoms in total. The summed E-state index contributed by atoms with van der Waals surface area (Å²) in [6.07, 6.45) is 2.88. The molecule has 1 saturated heterocycles. The number of likely N-dealkylation sites (tertiary alicyclic amines) is 1. The number of nitrogens with zero attached hydrogens (tertiary/aromatic N) is 1. The molecule has 1 fully saturated rings. The quantitative estimate of drug-likeness (QED) is 0.732. The maximum atomic E-state index is 11.5. The molecule has 0 aromatic heterocycles. The molecule has 1 heterocycles. The zero-order chi connectivity index (χ0) is 10.1. The van der Waals surface area contributed by atoms with Crippen molar-refractivity contribution in [2.45, 2.75) is 31.1 Å². The van der Waals surface area contributed by atoms with E-state index in [2.05, 4.69) is 20.1 Å².